The van der Waals surface area contributed by atoms with Gasteiger partial charge in [-0.2, -0.15) is 0 Å². The molecule has 2 rings (SSSR count). The van der Waals surface area contributed by atoms with E-state index in [4.69, 9.17) is 5.73 Å². The maximum Gasteiger partial charge on any atom is 0.115 e. The molecule has 76 valence electrons. The van der Waals surface area contributed by atoms with Gasteiger partial charge in [-0.3, -0.25) is 0 Å². The van der Waals surface area contributed by atoms with Gasteiger partial charge in [0.05, 0.1) is 0 Å². The molecule has 2 unspecified atom stereocenters. The van der Waals surface area contributed by atoms with Crippen LogP contribution in [-0.4, -0.2) is 24.2 Å². The highest BCUT2D eigenvalue weighted by Crippen LogP contribution is 2.23. The minimum absolute atomic E-state index is 0.237. The Morgan fingerprint density at radius 2 is 2.00 bits per heavy atom. The van der Waals surface area contributed by atoms with Crippen LogP contribution in [0.25, 0.3) is 0 Å². The number of piperidine rings is 1. The lowest BCUT2D eigenvalue weighted by Gasteiger charge is -2.29. The lowest BCUT2D eigenvalue weighted by atomic mass is 9.87. The number of nitrogens with two attached hydrogens (primary N) is 1. The van der Waals surface area contributed by atoms with Crippen molar-refractivity contribution in [3.8, 4) is 5.75 Å². The number of phenolic OH excluding ortho intramolecular Hbond substituents is 1. The van der Waals surface area contributed by atoms with Crippen LogP contribution >= 0.6 is 0 Å². The normalized spacial score (nSPS) is 27.5. The molecular formula is C11H16N2O. The van der Waals surface area contributed by atoms with E-state index in [1.807, 2.05) is 12.1 Å². The first-order chi connectivity index (χ1) is 6.77. The van der Waals surface area contributed by atoms with Gasteiger partial charge in [-0.15, -0.1) is 0 Å². The van der Waals surface area contributed by atoms with Gasteiger partial charge in [-0.1, -0.05) is 12.1 Å². The molecule has 1 aliphatic rings. The summed E-state index contributed by atoms with van der Waals surface area (Å²) in [6.45, 7) is 1.95. The second-order valence-corrected chi connectivity index (χ2v) is 3.85. The topological polar surface area (TPSA) is 58.3 Å². The standard InChI is InChI=1S/C11H16N2O/c12-11-5-6-13-7-10(11)8-1-3-9(14)4-2-8/h1-4,10-11,13-14H,5-7,12H2. The van der Waals surface area contributed by atoms with Crippen molar-refractivity contribution in [2.75, 3.05) is 13.1 Å². The molecular weight excluding hydrogens is 176 g/mol. The van der Waals surface area contributed by atoms with Crippen molar-refractivity contribution in [1.82, 2.24) is 5.32 Å². The summed E-state index contributed by atoms with van der Waals surface area (Å²) in [6.07, 6.45) is 1.02. The van der Waals surface area contributed by atoms with Gasteiger partial charge in [0.2, 0.25) is 0 Å². The summed E-state index contributed by atoms with van der Waals surface area (Å²) in [5, 5.41) is 12.5. The molecule has 1 aromatic carbocycles. The Balaban J connectivity index is 2.16. The molecule has 0 radical (unpaired) electrons. The third-order valence-corrected chi connectivity index (χ3v) is 2.86. The molecule has 1 heterocycles. The second kappa shape index (κ2) is 3.98. The van der Waals surface area contributed by atoms with E-state index >= 15 is 0 Å². The molecule has 1 fully saturated rings. The molecule has 14 heavy (non-hydrogen) atoms. The van der Waals surface area contributed by atoms with Gasteiger partial charge < -0.3 is 16.2 Å². The Labute approximate surface area is 83.9 Å². The number of rotatable bonds is 1. The van der Waals surface area contributed by atoms with Crippen molar-refractivity contribution < 1.29 is 5.11 Å². The number of phenols is 1. The fraction of sp³-hybridized carbons (Fsp3) is 0.455. The number of benzene rings is 1. The highest BCUT2D eigenvalue weighted by molar-refractivity contribution is 5.29. The maximum absolute atomic E-state index is 9.17. The van der Waals surface area contributed by atoms with Crippen LogP contribution in [0.1, 0.15) is 17.9 Å². The van der Waals surface area contributed by atoms with Crippen LogP contribution in [0.3, 0.4) is 0 Å². The Morgan fingerprint density at radius 3 is 2.64 bits per heavy atom. The fourth-order valence-electron chi connectivity index (χ4n) is 1.97. The average Bonchev–Trinajstić information content (AvgIpc) is 2.20. The van der Waals surface area contributed by atoms with Crippen molar-refractivity contribution in [2.24, 2.45) is 5.73 Å². The SMILES string of the molecule is NC1CCNCC1c1ccc(O)cc1. The van der Waals surface area contributed by atoms with Crippen molar-refractivity contribution >= 4 is 0 Å². The lowest BCUT2D eigenvalue weighted by Crippen LogP contribution is -2.43. The Morgan fingerprint density at radius 1 is 1.29 bits per heavy atom. The van der Waals surface area contributed by atoms with Crippen LogP contribution in [0.15, 0.2) is 24.3 Å². The molecule has 0 bridgehead atoms. The molecule has 4 N–H and O–H groups in total. The van der Waals surface area contributed by atoms with Gasteiger partial charge in [0.25, 0.3) is 0 Å². The predicted molar refractivity (Wildman–Crippen MR) is 56.3 cm³/mol. The molecule has 0 spiro atoms. The van der Waals surface area contributed by atoms with Crippen LogP contribution in [0, 0.1) is 0 Å². The molecule has 1 aromatic rings. The number of hydrogen-bond donors (Lipinski definition) is 3. The lowest BCUT2D eigenvalue weighted by molar-refractivity contribution is 0.402. The van der Waals surface area contributed by atoms with Gasteiger partial charge >= 0.3 is 0 Å². The van der Waals surface area contributed by atoms with Gasteiger partial charge in [0, 0.05) is 18.5 Å². The van der Waals surface area contributed by atoms with Gasteiger partial charge in [-0.05, 0) is 30.7 Å². The van der Waals surface area contributed by atoms with Crippen molar-refractivity contribution in [3.63, 3.8) is 0 Å². The molecule has 1 aliphatic heterocycles. The maximum atomic E-state index is 9.17. The Hall–Kier alpha value is -1.06. The Kier molecular flexibility index (Phi) is 2.70. The first-order valence-electron chi connectivity index (χ1n) is 5.02. The van der Waals surface area contributed by atoms with E-state index < -0.39 is 0 Å². The summed E-state index contributed by atoms with van der Waals surface area (Å²) in [4.78, 5) is 0. The van der Waals surface area contributed by atoms with Crippen LogP contribution < -0.4 is 11.1 Å². The summed E-state index contributed by atoms with van der Waals surface area (Å²) < 4.78 is 0. The molecule has 3 nitrogen and oxygen atoms in total. The summed E-state index contributed by atoms with van der Waals surface area (Å²) in [5.74, 6) is 0.690. The molecule has 2 atom stereocenters. The van der Waals surface area contributed by atoms with E-state index in [1.165, 1.54) is 5.56 Å². The molecule has 0 aliphatic carbocycles. The zero-order chi connectivity index (χ0) is 9.97. The number of hydrogen-bond acceptors (Lipinski definition) is 3. The van der Waals surface area contributed by atoms with E-state index in [9.17, 15) is 5.11 Å². The number of nitrogens with one attached hydrogen (secondary N) is 1. The van der Waals surface area contributed by atoms with E-state index in [-0.39, 0.29) is 6.04 Å². The van der Waals surface area contributed by atoms with Crippen LogP contribution in [-0.2, 0) is 0 Å². The molecule has 0 amide bonds. The number of aromatic hydroxyl groups is 1. The van der Waals surface area contributed by atoms with Gasteiger partial charge in [0.1, 0.15) is 5.75 Å². The molecule has 1 saturated heterocycles. The van der Waals surface area contributed by atoms with Gasteiger partial charge in [0.15, 0.2) is 0 Å². The first kappa shape index (κ1) is 9.49. The van der Waals surface area contributed by atoms with E-state index in [2.05, 4.69) is 5.32 Å². The largest absolute Gasteiger partial charge is 0.508 e. The quantitative estimate of drug-likeness (QED) is 0.616. The van der Waals surface area contributed by atoms with E-state index in [1.54, 1.807) is 12.1 Å². The van der Waals surface area contributed by atoms with Crippen LogP contribution in [0.2, 0.25) is 0 Å². The minimum atomic E-state index is 0.237. The Bertz CT molecular complexity index is 297. The van der Waals surface area contributed by atoms with Gasteiger partial charge in [-0.25, -0.2) is 0 Å². The third-order valence-electron chi connectivity index (χ3n) is 2.86. The zero-order valence-corrected chi connectivity index (χ0v) is 8.11. The molecule has 0 aromatic heterocycles. The first-order valence-corrected chi connectivity index (χ1v) is 5.02. The fourth-order valence-corrected chi connectivity index (χ4v) is 1.97. The summed E-state index contributed by atoms with van der Waals surface area (Å²) in [7, 11) is 0. The van der Waals surface area contributed by atoms with Crippen molar-refractivity contribution in [1.29, 1.82) is 0 Å². The van der Waals surface area contributed by atoms with Crippen LogP contribution in [0.4, 0.5) is 0 Å². The summed E-state index contributed by atoms with van der Waals surface area (Å²) in [6, 6.07) is 7.58. The van der Waals surface area contributed by atoms with Crippen molar-refractivity contribution in [3.05, 3.63) is 29.8 Å². The molecule has 3 heteroatoms. The third kappa shape index (κ3) is 1.89. The summed E-state index contributed by atoms with van der Waals surface area (Å²) in [5.41, 5.74) is 7.26. The zero-order valence-electron chi connectivity index (χ0n) is 8.11. The minimum Gasteiger partial charge on any atom is -0.508 e. The highest BCUT2D eigenvalue weighted by atomic mass is 16.3. The predicted octanol–water partition coefficient (Wildman–Crippen LogP) is 0.796. The van der Waals surface area contributed by atoms with Crippen LogP contribution in [0.5, 0.6) is 5.75 Å². The average molecular weight is 192 g/mol. The van der Waals surface area contributed by atoms with E-state index in [0.29, 0.717) is 11.7 Å². The smallest absolute Gasteiger partial charge is 0.115 e. The van der Waals surface area contributed by atoms with Crippen molar-refractivity contribution in [2.45, 2.75) is 18.4 Å². The second-order valence-electron chi connectivity index (χ2n) is 3.85. The van der Waals surface area contributed by atoms with E-state index in [0.717, 1.165) is 19.5 Å². The molecule has 0 saturated carbocycles. The highest BCUT2D eigenvalue weighted by Gasteiger charge is 2.22. The summed E-state index contributed by atoms with van der Waals surface area (Å²) >= 11 is 0. The monoisotopic (exact) mass is 192 g/mol.